The fourth-order valence-electron chi connectivity index (χ4n) is 4.63. The minimum Gasteiger partial charge on any atom is -0.504 e. The maximum Gasteiger partial charge on any atom is 0.234 e. The van der Waals surface area contributed by atoms with Crippen molar-refractivity contribution in [1.82, 2.24) is 10.2 Å². The third-order valence-electron chi connectivity index (χ3n) is 6.47. The van der Waals surface area contributed by atoms with Gasteiger partial charge in [-0.3, -0.25) is 9.69 Å². The highest BCUT2D eigenvalue weighted by atomic mass is 16.5. The van der Waals surface area contributed by atoms with Crippen molar-refractivity contribution in [1.29, 1.82) is 0 Å². The highest BCUT2D eigenvalue weighted by molar-refractivity contribution is 5.78. The van der Waals surface area contributed by atoms with Gasteiger partial charge in [-0.1, -0.05) is 36.4 Å². The first-order chi connectivity index (χ1) is 17.0. The van der Waals surface area contributed by atoms with E-state index in [4.69, 9.17) is 14.2 Å². The first-order valence-corrected chi connectivity index (χ1v) is 11.7. The lowest BCUT2D eigenvalue weighted by molar-refractivity contribution is -0.123. The third-order valence-corrected chi connectivity index (χ3v) is 6.47. The summed E-state index contributed by atoms with van der Waals surface area (Å²) in [6.45, 7) is 1.47. The molecule has 35 heavy (non-hydrogen) atoms. The zero-order valence-electron chi connectivity index (χ0n) is 20.4. The number of nitrogens with one attached hydrogen (secondary N) is 1. The van der Waals surface area contributed by atoms with Gasteiger partial charge in [-0.15, -0.1) is 0 Å². The Kier molecular flexibility index (Phi) is 7.77. The molecular weight excluding hydrogens is 444 g/mol. The number of benzene rings is 3. The Bertz CT molecular complexity index is 1170. The van der Waals surface area contributed by atoms with E-state index in [2.05, 4.69) is 10.2 Å². The lowest BCUT2D eigenvalue weighted by atomic mass is 9.88. The van der Waals surface area contributed by atoms with Crippen LogP contribution in [0.3, 0.4) is 0 Å². The number of hydrogen-bond donors (Lipinski definition) is 2. The molecule has 0 saturated carbocycles. The number of phenolic OH excluding ortho intramolecular Hbond substituents is 1. The summed E-state index contributed by atoms with van der Waals surface area (Å²) >= 11 is 0. The molecule has 3 aromatic carbocycles. The van der Waals surface area contributed by atoms with Crippen LogP contribution in [0, 0.1) is 0 Å². The van der Waals surface area contributed by atoms with Crippen molar-refractivity contribution in [3.63, 3.8) is 0 Å². The lowest BCUT2D eigenvalue weighted by Crippen LogP contribution is -2.43. The minimum atomic E-state index is -0.0752. The van der Waals surface area contributed by atoms with Gasteiger partial charge in [0.2, 0.25) is 5.91 Å². The lowest BCUT2D eigenvalue weighted by Gasteiger charge is -2.37. The first-order valence-electron chi connectivity index (χ1n) is 11.7. The van der Waals surface area contributed by atoms with Gasteiger partial charge >= 0.3 is 0 Å². The fourth-order valence-corrected chi connectivity index (χ4v) is 4.63. The quantitative estimate of drug-likeness (QED) is 0.488. The molecule has 3 aromatic rings. The number of nitrogens with zero attached hydrogens (tertiary/aromatic N) is 1. The number of phenols is 1. The van der Waals surface area contributed by atoms with Gasteiger partial charge in [-0.05, 0) is 59.4 Å². The molecule has 0 radical (unpaired) electrons. The van der Waals surface area contributed by atoms with E-state index in [-0.39, 0.29) is 24.2 Å². The standard InChI is InChI=1S/C28H32N2O5/c1-33-25-10-9-20(14-27(25)35-3)13-23-22-16-26(34-2)24(31)15-21(22)11-12-30(23)18-28(32)29-17-19-7-5-4-6-8-19/h4-10,14-16,23,31H,11-13,17-18H2,1-3H3,(H,29,32). The van der Waals surface area contributed by atoms with Crippen LogP contribution in [0.15, 0.2) is 60.7 Å². The number of ether oxygens (including phenoxy) is 3. The van der Waals surface area contributed by atoms with Gasteiger partial charge in [-0.25, -0.2) is 0 Å². The van der Waals surface area contributed by atoms with Crippen molar-refractivity contribution in [3.8, 4) is 23.0 Å². The van der Waals surface area contributed by atoms with E-state index in [0.29, 0.717) is 36.8 Å². The molecule has 7 nitrogen and oxygen atoms in total. The van der Waals surface area contributed by atoms with Gasteiger partial charge in [0.15, 0.2) is 23.0 Å². The molecule has 0 fully saturated rings. The van der Waals surface area contributed by atoms with E-state index in [1.54, 1.807) is 27.4 Å². The van der Waals surface area contributed by atoms with Gasteiger partial charge in [-0.2, -0.15) is 0 Å². The fraction of sp³-hybridized carbons (Fsp3) is 0.321. The summed E-state index contributed by atoms with van der Waals surface area (Å²) in [6, 6.07) is 19.4. The largest absolute Gasteiger partial charge is 0.504 e. The second kappa shape index (κ2) is 11.1. The second-order valence-corrected chi connectivity index (χ2v) is 8.61. The van der Waals surface area contributed by atoms with Crippen molar-refractivity contribution in [2.45, 2.75) is 25.4 Å². The number of amides is 1. The Hall–Kier alpha value is -3.71. The van der Waals surface area contributed by atoms with E-state index in [1.807, 2.05) is 54.6 Å². The molecule has 0 aromatic heterocycles. The van der Waals surface area contributed by atoms with Gasteiger partial charge in [0, 0.05) is 19.1 Å². The average molecular weight is 477 g/mol. The molecule has 0 spiro atoms. The predicted octanol–water partition coefficient (Wildman–Crippen LogP) is 3.88. The molecule has 184 valence electrons. The van der Waals surface area contributed by atoms with Crippen LogP contribution >= 0.6 is 0 Å². The zero-order valence-corrected chi connectivity index (χ0v) is 20.4. The monoisotopic (exact) mass is 476 g/mol. The SMILES string of the molecule is COc1cc2c(cc1O)CCN(CC(=O)NCc1ccccc1)C2Cc1ccc(OC)c(OC)c1. The van der Waals surface area contributed by atoms with E-state index in [9.17, 15) is 9.90 Å². The highest BCUT2D eigenvalue weighted by Crippen LogP contribution is 2.39. The van der Waals surface area contributed by atoms with E-state index < -0.39 is 0 Å². The summed E-state index contributed by atoms with van der Waals surface area (Å²) in [5.74, 6) is 1.86. The number of hydrogen-bond acceptors (Lipinski definition) is 6. The number of fused-ring (bicyclic) bond motifs is 1. The zero-order chi connectivity index (χ0) is 24.8. The summed E-state index contributed by atoms with van der Waals surface area (Å²) in [7, 11) is 4.78. The van der Waals surface area contributed by atoms with Crippen LogP contribution < -0.4 is 19.5 Å². The van der Waals surface area contributed by atoms with Crippen LogP contribution in [0.5, 0.6) is 23.0 Å². The summed E-state index contributed by atoms with van der Waals surface area (Å²) in [6.07, 6.45) is 1.40. The topological polar surface area (TPSA) is 80.3 Å². The van der Waals surface area contributed by atoms with Crippen LogP contribution in [-0.4, -0.2) is 50.3 Å². The van der Waals surface area contributed by atoms with Crippen LogP contribution in [0.25, 0.3) is 0 Å². The highest BCUT2D eigenvalue weighted by Gasteiger charge is 2.30. The Morgan fingerprint density at radius 2 is 1.69 bits per heavy atom. The van der Waals surface area contributed by atoms with Crippen molar-refractivity contribution >= 4 is 5.91 Å². The maximum atomic E-state index is 12.9. The van der Waals surface area contributed by atoms with Crippen LogP contribution in [0.2, 0.25) is 0 Å². The average Bonchev–Trinajstić information content (AvgIpc) is 2.89. The molecule has 2 N–H and O–H groups in total. The molecule has 1 amide bonds. The molecule has 4 rings (SSSR count). The third kappa shape index (κ3) is 5.69. The molecule has 1 heterocycles. The van der Waals surface area contributed by atoms with Crippen molar-refractivity contribution in [2.24, 2.45) is 0 Å². The molecule has 1 unspecified atom stereocenters. The number of aromatic hydroxyl groups is 1. The molecule has 7 heteroatoms. The van der Waals surface area contributed by atoms with E-state index in [1.165, 1.54) is 0 Å². The van der Waals surface area contributed by atoms with E-state index >= 15 is 0 Å². The number of rotatable bonds is 9. The Morgan fingerprint density at radius 1 is 0.943 bits per heavy atom. The van der Waals surface area contributed by atoms with Crippen LogP contribution in [0.4, 0.5) is 0 Å². The minimum absolute atomic E-state index is 0.0274. The van der Waals surface area contributed by atoms with Crippen molar-refractivity contribution in [2.75, 3.05) is 34.4 Å². The van der Waals surface area contributed by atoms with Gasteiger partial charge < -0.3 is 24.6 Å². The number of methoxy groups -OCH3 is 3. The molecular formula is C28H32N2O5. The molecule has 1 aliphatic rings. The smallest absolute Gasteiger partial charge is 0.234 e. The molecule has 1 atom stereocenters. The molecule has 0 aliphatic carbocycles. The van der Waals surface area contributed by atoms with Crippen molar-refractivity contribution < 1.29 is 24.1 Å². The number of carbonyl (C=O) groups excluding carboxylic acids is 1. The second-order valence-electron chi connectivity index (χ2n) is 8.61. The summed E-state index contributed by atoms with van der Waals surface area (Å²) in [5.41, 5.74) is 4.24. The van der Waals surface area contributed by atoms with Crippen LogP contribution in [0.1, 0.15) is 28.3 Å². The summed E-state index contributed by atoms with van der Waals surface area (Å²) in [4.78, 5) is 15.1. The Morgan fingerprint density at radius 3 is 2.40 bits per heavy atom. The maximum absolute atomic E-state index is 12.9. The first kappa shape index (κ1) is 24.4. The van der Waals surface area contributed by atoms with Gasteiger partial charge in [0.05, 0.1) is 27.9 Å². The van der Waals surface area contributed by atoms with E-state index in [0.717, 1.165) is 28.7 Å². The molecule has 1 aliphatic heterocycles. The normalized spacial score (nSPS) is 15.2. The Balaban J connectivity index is 1.59. The van der Waals surface area contributed by atoms with Crippen molar-refractivity contribution in [3.05, 3.63) is 82.9 Å². The van der Waals surface area contributed by atoms with Gasteiger partial charge in [0.1, 0.15) is 0 Å². The molecule has 0 saturated heterocycles. The van der Waals surface area contributed by atoms with Gasteiger partial charge in [0.25, 0.3) is 0 Å². The molecule has 0 bridgehead atoms. The number of carbonyl (C=O) groups is 1. The summed E-state index contributed by atoms with van der Waals surface area (Å²) < 4.78 is 16.3. The predicted molar refractivity (Wildman–Crippen MR) is 134 cm³/mol. The Labute approximate surface area is 206 Å². The van der Waals surface area contributed by atoms with Crippen LogP contribution in [-0.2, 0) is 24.2 Å². The summed E-state index contributed by atoms with van der Waals surface area (Å²) in [5, 5.41) is 13.4.